The van der Waals surface area contributed by atoms with E-state index in [4.69, 9.17) is 0 Å². The molecule has 0 heterocycles. The van der Waals surface area contributed by atoms with Gasteiger partial charge in [-0.3, -0.25) is 14.5 Å². The molecule has 2 amide bonds. The largest absolute Gasteiger partial charge is 0.350 e. The number of nitrogens with zero attached hydrogens (tertiary/aromatic N) is 1. The Bertz CT molecular complexity index is 603. The number of hydrogen-bond donors (Lipinski definition) is 2. The molecule has 2 N–H and O–H groups in total. The molecule has 1 aromatic rings. The Morgan fingerprint density at radius 1 is 1.00 bits per heavy atom. The van der Waals surface area contributed by atoms with Gasteiger partial charge in [-0.15, -0.1) is 0 Å². The molecule has 0 bridgehead atoms. The van der Waals surface area contributed by atoms with Gasteiger partial charge in [0.1, 0.15) is 0 Å². The van der Waals surface area contributed by atoms with Crippen LogP contribution in [0, 0.1) is 5.92 Å². The quantitative estimate of drug-likeness (QED) is 0.696. The van der Waals surface area contributed by atoms with Crippen LogP contribution in [0.2, 0.25) is 0 Å². The second-order valence-electron chi connectivity index (χ2n) is 8.73. The highest BCUT2D eigenvalue weighted by atomic mass is 16.2. The summed E-state index contributed by atoms with van der Waals surface area (Å²) in [6.07, 6.45) is 1.06. The van der Waals surface area contributed by atoms with Crippen molar-refractivity contribution < 1.29 is 9.59 Å². The maximum Gasteiger partial charge on any atom is 0.234 e. The maximum absolute atomic E-state index is 12.4. The topological polar surface area (TPSA) is 61.4 Å². The van der Waals surface area contributed by atoms with E-state index in [0.717, 1.165) is 12.0 Å². The minimum absolute atomic E-state index is 0.0623. The van der Waals surface area contributed by atoms with E-state index in [1.165, 1.54) is 5.56 Å². The van der Waals surface area contributed by atoms with E-state index in [9.17, 15) is 9.59 Å². The van der Waals surface area contributed by atoms with Crippen LogP contribution in [-0.2, 0) is 16.0 Å². The summed E-state index contributed by atoms with van der Waals surface area (Å²) in [6, 6.07) is 8.36. The lowest BCUT2D eigenvalue weighted by molar-refractivity contribution is -0.126. The van der Waals surface area contributed by atoms with E-state index >= 15 is 0 Å². The van der Waals surface area contributed by atoms with Crippen LogP contribution in [0.4, 0.5) is 0 Å². The van der Waals surface area contributed by atoms with Crippen LogP contribution in [0.1, 0.15) is 65.6 Å². The van der Waals surface area contributed by atoms with Gasteiger partial charge in [-0.2, -0.15) is 0 Å². The average molecular weight is 376 g/mol. The summed E-state index contributed by atoms with van der Waals surface area (Å²) in [7, 11) is 0. The third kappa shape index (κ3) is 9.57. The normalized spacial score (nSPS) is 12.9. The van der Waals surface area contributed by atoms with Crippen molar-refractivity contribution in [2.24, 2.45) is 5.92 Å². The molecule has 0 aliphatic carbocycles. The number of carbonyl (C=O) groups is 2. The molecule has 1 aromatic carbocycles. The zero-order valence-electron chi connectivity index (χ0n) is 18.1. The Morgan fingerprint density at radius 2 is 1.56 bits per heavy atom. The second-order valence-corrected chi connectivity index (χ2v) is 8.73. The van der Waals surface area contributed by atoms with Crippen molar-refractivity contribution in [3.8, 4) is 0 Å². The van der Waals surface area contributed by atoms with Crippen molar-refractivity contribution in [2.45, 2.75) is 66.5 Å². The lowest BCUT2D eigenvalue weighted by Gasteiger charge is -2.25. The number of carbonyl (C=O) groups excluding carboxylic acids is 2. The van der Waals surface area contributed by atoms with Crippen molar-refractivity contribution in [1.82, 2.24) is 15.5 Å². The highest BCUT2D eigenvalue weighted by Gasteiger charge is 2.18. The monoisotopic (exact) mass is 375 g/mol. The SMILES string of the molecule is CCN(CC(=O)N[C@H](C)c1ccc(CC(C)C)cc1)CC(=O)NC(C)(C)C. The summed E-state index contributed by atoms with van der Waals surface area (Å²) in [5.74, 6) is 0.494. The first-order valence-electron chi connectivity index (χ1n) is 9.91. The summed E-state index contributed by atoms with van der Waals surface area (Å²) >= 11 is 0. The van der Waals surface area contributed by atoms with E-state index in [2.05, 4.69) is 48.7 Å². The van der Waals surface area contributed by atoms with Crippen molar-refractivity contribution >= 4 is 11.8 Å². The molecule has 0 spiro atoms. The summed E-state index contributed by atoms with van der Waals surface area (Å²) in [5, 5.41) is 5.96. The van der Waals surface area contributed by atoms with Crippen LogP contribution in [0.15, 0.2) is 24.3 Å². The predicted octanol–water partition coefficient (Wildman–Crippen LogP) is 3.30. The van der Waals surface area contributed by atoms with Crippen LogP contribution in [0.25, 0.3) is 0 Å². The lowest BCUT2D eigenvalue weighted by atomic mass is 10.00. The molecule has 0 saturated carbocycles. The summed E-state index contributed by atoms with van der Waals surface area (Å²) in [5.41, 5.74) is 2.13. The van der Waals surface area contributed by atoms with Gasteiger partial charge in [0.2, 0.25) is 11.8 Å². The van der Waals surface area contributed by atoms with E-state index < -0.39 is 0 Å². The molecule has 0 unspecified atom stereocenters. The van der Waals surface area contributed by atoms with Crippen LogP contribution in [0.3, 0.4) is 0 Å². The van der Waals surface area contributed by atoms with Gasteiger partial charge in [0, 0.05) is 5.54 Å². The molecule has 0 aliphatic heterocycles. The lowest BCUT2D eigenvalue weighted by Crippen LogP contribution is -2.48. The molecule has 0 saturated heterocycles. The molecule has 1 atom stereocenters. The zero-order chi connectivity index (χ0) is 20.6. The molecule has 152 valence electrons. The molecule has 5 nitrogen and oxygen atoms in total. The van der Waals surface area contributed by atoms with E-state index in [-0.39, 0.29) is 36.5 Å². The summed E-state index contributed by atoms with van der Waals surface area (Å²) in [6.45, 7) is 15.3. The van der Waals surface area contributed by atoms with Gasteiger partial charge >= 0.3 is 0 Å². The standard InChI is InChI=1S/C22H37N3O2/c1-8-25(15-21(27)24-22(5,6)7)14-20(26)23-17(4)19-11-9-18(10-12-19)13-16(2)3/h9-12,16-17H,8,13-15H2,1-7H3,(H,23,26)(H,24,27)/t17-/m1/s1. The van der Waals surface area contributed by atoms with Crippen LogP contribution in [-0.4, -0.2) is 41.9 Å². The third-order valence-corrected chi connectivity index (χ3v) is 4.20. The Kier molecular flexibility index (Phi) is 8.97. The average Bonchev–Trinajstić information content (AvgIpc) is 2.52. The molecular weight excluding hydrogens is 338 g/mol. The molecule has 5 heteroatoms. The fourth-order valence-corrected chi connectivity index (χ4v) is 2.93. The molecule has 0 aromatic heterocycles. The van der Waals surface area contributed by atoms with E-state index in [1.807, 2.05) is 39.5 Å². The number of rotatable bonds is 9. The molecule has 0 radical (unpaired) electrons. The fraction of sp³-hybridized carbons (Fsp3) is 0.636. The molecule has 27 heavy (non-hydrogen) atoms. The van der Waals surface area contributed by atoms with Gasteiger partial charge in [-0.05, 0) is 57.7 Å². The van der Waals surface area contributed by atoms with Crippen molar-refractivity contribution in [2.75, 3.05) is 19.6 Å². The highest BCUT2D eigenvalue weighted by Crippen LogP contribution is 2.15. The molecule has 0 fully saturated rings. The number of amides is 2. The van der Waals surface area contributed by atoms with Gasteiger partial charge in [0.25, 0.3) is 0 Å². The molecular formula is C22H37N3O2. The van der Waals surface area contributed by atoms with Crippen LogP contribution in [0.5, 0.6) is 0 Å². The van der Waals surface area contributed by atoms with Crippen molar-refractivity contribution in [1.29, 1.82) is 0 Å². The van der Waals surface area contributed by atoms with Crippen LogP contribution < -0.4 is 10.6 Å². The third-order valence-electron chi connectivity index (χ3n) is 4.20. The Balaban J connectivity index is 2.54. The van der Waals surface area contributed by atoms with Gasteiger partial charge in [-0.1, -0.05) is 45.0 Å². The fourth-order valence-electron chi connectivity index (χ4n) is 2.93. The van der Waals surface area contributed by atoms with E-state index in [1.54, 1.807) is 0 Å². The molecule has 0 aliphatic rings. The first kappa shape index (κ1) is 23.2. The smallest absolute Gasteiger partial charge is 0.234 e. The van der Waals surface area contributed by atoms with Gasteiger partial charge < -0.3 is 10.6 Å². The van der Waals surface area contributed by atoms with Crippen molar-refractivity contribution in [3.63, 3.8) is 0 Å². The minimum atomic E-state index is -0.269. The summed E-state index contributed by atoms with van der Waals surface area (Å²) < 4.78 is 0. The number of nitrogens with one attached hydrogen (secondary N) is 2. The molecule has 1 rings (SSSR count). The highest BCUT2D eigenvalue weighted by molar-refractivity contribution is 5.81. The first-order chi connectivity index (χ1) is 12.5. The minimum Gasteiger partial charge on any atom is -0.350 e. The number of benzene rings is 1. The maximum atomic E-state index is 12.4. The van der Waals surface area contributed by atoms with Crippen LogP contribution >= 0.6 is 0 Å². The predicted molar refractivity (Wildman–Crippen MR) is 112 cm³/mol. The Hall–Kier alpha value is -1.88. The first-order valence-corrected chi connectivity index (χ1v) is 9.91. The Labute approximate surface area is 164 Å². The van der Waals surface area contributed by atoms with Gasteiger partial charge in [0.15, 0.2) is 0 Å². The Morgan fingerprint density at radius 3 is 2.04 bits per heavy atom. The van der Waals surface area contributed by atoms with Gasteiger partial charge in [0.05, 0.1) is 19.1 Å². The van der Waals surface area contributed by atoms with E-state index in [0.29, 0.717) is 12.5 Å². The number of likely N-dealkylation sites (N-methyl/N-ethyl adjacent to an activating group) is 1. The van der Waals surface area contributed by atoms with Crippen molar-refractivity contribution in [3.05, 3.63) is 35.4 Å². The second kappa shape index (κ2) is 10.5. The summed E-state index contributed by atoms with van der Waals surface area (Å²) in [4.78, 5) is 26.3. The number of hydrogen-bond acceptors (Lipinski definition) is 3. The zero-order valence-corrected chi connectivity index (χ0v) is 18.1. The van der Waals surface area contributed by atoms with Gasteiger partial charge in [-0.25, -0.2) is 0 Å².